The molecule has 0 radical (unpaired) electrons. The predicted molar refractivity (Wildman–Crippen MR) is 38.4 cm³/mol. The van der Waals surface area contributed by atoms with E-state index < -0.39 is 11.7 Å². The van der Waals surface area contributed by atoms with Gasteiger partial charge >= 0.3 is 6.18 Å². The molecule has 12 heavy (non-hydrogen) atoms. The van der Waals surface area contributed by atoms with Gasteiger partial charge in [0.1, 0.15) is 0 Å². The highest BCUT2D eigenvalue weighted by atomic mass is 19.4. The minimum Gasteiger partial charge on any atom is -0.399 e. The van der Waals surface area contributed by atoms with E-state index in [1.54, 1.807) is 0 Å². The molecule has 0 spiro atoms. The van der Waals surface area contributed by atoms with Gasteiger partial charge in [0, 0.05) is 5.69 Å². The van der Waals surface area contributed by atoms with Crippen LogP contribution >= 0.6 is 0 Å². The lowest BCUT2D eigenvalue weighted by molar-refractivity contribution is -0.137. The SMILES string of the molecule is F.Nc1cccc(C(F)(F)F)c1. The molecule has 0 unspecified atom stereocenters. The second-order valence-electron chi connectivity index (χ2n) is 2.12. The summed E-state index contributed by atoms with van der Waals surface area (Å²) < 4.78 is 35.7. The summed E-state index contributed by atoms with van der Waals surface area (Å²) in [5, 5.41) is 0. The fourth-order valence-electron chi connectivity index (χ4n) is 0.715. The fourth-order valence-corrected chi connectivity index (χ4v) is 0.715. The molecule has 1 rings (SSSR count). The second kappa shape index (κ2) is 3.42. The van der Waals surface area contributed by atoms with Gasteiger partial charge in [0.2, 0.25) is 0 Å². The Balaban J connectivity index is 0.00000121. The van der Waals surface area contributed by atoms with E-state index in [4.69, 9.17) is 5.73 Å². The van der Waals surface area contributed by atoms with Crippen LogP contribution in [0.15, 0.2) is 24.3 Å². The summed E-state index contributed by atoms with van der Waals surface area (Å²) in [5.41, 5.74) is 4.57. The first-order valence-corrected chi connectivity index (χ1v) is 2.93. The lowest BCUT2D eigenvalue weighted by Gasteiger charge is -2.05. The minimum atomic E-state index is -4.30. The van der Waals surface area contributed by atoms with E-state index in [2.05, 4.69) is 0 Å². The Morgan fingerprint density at radius 3 is 2.08 bits per heavy atom. The zero-order valence-corrected chi connectivity index (χ0v) is 5.93. The monoisotopic (exact) mass is 181 g/mol. The van der Waals surface area contributed by atoms with Gasteiger partial charge in [-0.05, 0) is 18.2 Å². The Morgan fingerprint density at radius 2 is 1.75 bits per heavy atom. The van der Waals surface area contributed by atoms with E-state index >= 15 is 0 Å². The van der Waals surface area contributed by atoms with Crippen LogP contribution in [0.2, 0.25) is 0 Å². The van der Waals surface area contributed by atoms with E-state index in [9.17, 15) is 13.2 Å². The molecular formula is C7H7F4N. The summed E-state index contributed by atoms with van der Waals surface area (Å²) in [4.78, 5) is 0. The smallest absolute Gasteiger partial charge is 0.399 e. The van der Waals surface area contributed by atoms with Crippen LogP contribution in [0.4, 0.5) is 23.6 Å². The largest absolute Gasteiger partial charge is 0.416 e. The van der Waals surface area contributed by atoms with Crippen molar-refractivity contribution in [1.82, 2.24) is 0 Å². The van der Waals surface area contributed by atoms with Crippen LogP contribution in [0.1, 0.15) is 5.56 Å². The van der Waals surface area contributed by atoms with Crippen molar-refractivity contribution in [2.24, 2.45) is 0 Å². The van der Waals surface area contributed by atoms with Crippen molar-refractivity contribution in [3.05, 3.63) is 29.8 Å². The van der Waals surface area contributed by atoms with Crippen LogP contribution < -0.4 is 5.73 Å². The lowest BCUT2D eigenvalue weighted by Crippen LogP contribution is -2.04. The number of anilines is 1. The molecule has 2 N–H and O–H groups in total. The highest BCUT2D eigenvalue weighted by molar-refractivity contribution is 5.41. The first-order valence-electron chi connectivity index (χ1n) is 2.93. The minimum absolute atomic E-state index is 0. The number of halogens is 4. The first kappa shape index (κ1) is 10.7. The molecule has 0 atom stereocenters. The molecule has 1 nitrogen and oxygen atoms in total. The number of rotatable bonds is 0. The van der Waals surface area contributed by atoms with E-state index in [1.165, 1.54) is 12.1 Å². The van der Waals surface area contributed by atoms with Crippen molar-refractivity contribution in [2.45, 2.75) is 6.18 Å². The Hall–Kier alpha value is -1.26. The van der Waals surface area contributed by atoms with Crippen LogP contribution in [0.5, 0.6) is 0 Å². The van der Waals surface area contributed by atoms with Crippen molar-refractivity contribution in [1.29, 1.82) is 0 Å². The van der Waals surface area contributed by atoms with Gasteiger partial charge in [-0.2, -0.15) is 13.2 Å². The van der Waals surface area contributed by atoms with Crippen LogP contribution in [0.3, 0.4) is 0 Å². The lowest BCUT2D eigenvalue weighted by atomic mass is 10.2. The van der Waals surface area contributed by atoms with Gasteiger partial charge in [0.05, 0.1) is 5.56 Å². The topological polar surface area (TPSA) is 26.0 Å². The number of alkyl halides is 3. The van der Waals surface area contributed by atoms with Gasteiger partial charge in [-0.3, -0.25) is 4.70 Å². The molecule has 0 saturated heterocycles. The molecule has 0 bridgehead atoms. The Morgan fingerprint density at radius 1 is 1.17 bits per heavy atom. The van der Waals surface area contributed by atoms with Crippen molar-refractivity contribution >= 4 is 5.69 Å². The Kier molecular flexibility index (Phi) is 3.06. The number of nitrogen functional groups attached to an aromatic ring is 1. The zero-order chi connectivity index (χ0) is 8.48. The molecule has 0 amide bonds. The van der Waals surface area contributed by atoms with Gasteiger partial charge in [-0.25, -0.2) is 0 Å². The summed E-state index contributed by atoms with van der Waals surface area (Å²) in [6.45, 7) is 0. The predicted octanol–water partition coefficient (Wildman–Crippen LogP) is 2.44. The highest BCUT2D eigenvalue weighted by Crippen LogP contribution is 2.29. The van der Waals surface area contributed by atoms with Gasteiger partial charge < -0.3 is 5.73 Å². The second-order valence-corrected chi connectivity index (χ2v) is 2.12. The van der Waals surface area contributed by atoms with Gasteiger partial charge in [-0.1, -0.05) is 6.07 Å². The van der Waals surface area contributed by atoms with Crippen LogP contribution in [0, 0.1) is 0 Å². The Labute approximate surface area is 66.4 Å². The molecule has 0 aliphatic heterocycles. The molecule has 0 aromatic heterocycles. The maximum absolute atomic E-state index is 11.9. The van der Waals surface area contributed by atoms with E-state index in [-0.39, 0.29) is 10.4 Å². The summed E-state index contributed by atoms with van der Waals surface area (Å²) in [6, 6.07) is 4.57. The zero-order valence-electron chi connectivity index (χ0n) is 5.93. The highest BCUT2D eigenvalue weighted by Gasteiger charge is 2.30. The maximum atomic E-state index is 11.9. The molecule has 0 aliphatic carbocycles. The first-order chi connectivity index (χ1) is 5.00. The van der Waals surface area contributed by atoms with Crippen molar-refractivity contribution in [3.8, 4) is 0 Å². The van der Waals surface area contributed by atoms with Gasteiger partial charge in [0.15, 0.2) is 0 Å². The molecular weight excluding hydrogens is 174 g/mol. The molecule has 1 aromatic carbocycles. The van der Waals surface area contributed by atoms with Crippen molar-refractivity contribution in [2.75, 3.05) is 5.73 Å². The molecule has 0 fully saturated rings. The summed E-state index contributed by atoms with van der Waals surface area (Å²) in [7, 11) is 0. The maximum Gasteiger partial charge on any atom is 0.416 e. The average molecular weight is 181 g/mol. The third-order valence-electron chi connectivity index (χ3n) is 1.21. The Bertz CT molecular complexity index is 256. The molecule has 0 saturated carbocycles. The summed E-state index contributed by atoms with van der Waals surface area (Å²) in [6.07, 6.45) is -4.30. The van der Waals surface area contributed by atoms with Gasteiger partial charge in [0.25, 0.3) is 0 Å². The number of hydrogen-bond donors (Lipinski definition) is 1. The molecule has 1 aromatic rings. The third-order valence-corrected chi connectivity index (χ3v) is 1.21. The van der Waals surface area contributed by atoms with Gasteiger partial charge in [-0.15, -0.1) is 0 Å². The number of benzene rings is 1. The van der Waals surface area contributed by atoms with Crippen LogP contribution in [-0.4, -0.2) is 0 Å². The standard InChI is InChI=1S/C7H6F3N.FH/c8-7(9,10)5-2-1-3-6(11)4-5;/h1-4H,11H2;1H. The number of hydrogen-bond acceptors (Lipinski definition) is 1. The van der Waals surface area contributed by atoms with Crippen LogP contribution in [-0.2, 0) is 6.18 Å². The van der Waals surface area contributed by atoms with E-state index in [0.717, 1.165) is 12.1 Å². The molecule has 5 heteroatoms. The van der Waals surface area contributed by atoms with Crippen molar-refractivity contribution in [3.63, 3.8) is 0 Å². The van der Waals surface area contributed by atoms with Crippen molar-refractivity contribution < 1.29 is 17.9 Å². The summed E-state index contributed by atoms with van der Waals surface area (Å²) in [5.74, 6) is 0. The molecule has 0 aliphatic rings. The molecule has 0 heterocycles. The van der Waals surface area contributed by atoms with Crippen LogP contribution in [0.25, 0.3) is 0 Å². The van der Waals surface area contributed by atoms with E-state index in [0.29, 0.717) is 0 Å². The van der Waals surface area contributed by atoms with E-state index in [1.807, 2.05) is 0 Å². The average Bonchev–Trinajstić information content (AvgIpc) is 1.86. The number of nitrogens with two attached hydrogens (primary N) is 1. The molecule has 68 valence electrons. The normalized spacial score (nSPS) is 10.6. The fraction of sp³-hybridized carbons (Fsp3) is 0.143. The third kappa shape index (κ3) is 2.41. The summed E-state index contributed by atoms with van der Waals surface area (Å²) >= 11 is 0. The quantitative estimate of drug-likeness (QED) is 0.482.